The molecule has 0 aliphatic heterocycles. The van der Waals surface area contributed by atoms with Crippen LogP contribution in [0.15, 0.2) is 24.5 Å². The molecule has 0 unspecified atom stereocenters. The first-order chi connectivity index (χ1) is 9.62. The van der Waals surface area contributed by atoms with E-state index in [1.54, 1.807) is 37.2 Å². The number of carbonyl (C=O) groups is 1. The number of hydrogen-bond acceptors (Lipinski definition) is 4. The molecule has 0 saturated heterocycles. The minimum absolute atomic E-state index is 0.158. The van der Waals surface area contributed by atoms with Crippen molar-refractivity contribution in [3.05, 3.63) is 35.8 Å². The second-order valence-corrected chi connectivity index (χ2v) is 4.59. The van der Waals surface area contributed by atoms with Gasteiger partial charge in [-0.2, -0.15) is 5.10 Å². The lowest BCUT2D eigenvalue weighted by molar-refractivity contribution is 0.102. The Kier molecular flexibility index (Phi) is 4.34. The van der Waals surface area contributed by atoms with Gasteiger partial charge in [0, 0.05) is 31.5 Å². The number of aryl methyl sites for hydroxylation is 2. The van der Waals surface area contributed by atoms with E-state index >= 15 is 0 Å². The quantitative estimate of drug-likeness (QED) is 0.874. The van der Waals surface area contributed by atoms with Crippen molar-refractivity contribution >= 4 is 17.4 Å². The zero-order chi connectivity index (χ0) is 14.5. The van der Waals surface area contributed by atoms with Gasteiger partial charge in [0.1, 0.15) is 5.82 Å². The second-order valence-electron chi connectivity index (χ2n) is 4.59. The Morgan fingerprint density at radius 2 is 2.20 bits per heavy atom. The summed E-state index contributed by atoms with van der Waals surface area (Å²) in [5, 5.41) is 9.82. The second kappa shape index (κ2) is 6.18. The van der Waals surface area contributed by atoms with E-state index in [-0.39, 0.29) is 5.91 Å². The lowest BCUT2D eigenvalue weighted by Crippen LogP contribution is -2.13. The maximum Gasteiger partial charge on any atom is 0.255 e. The van der Waals surface area contributed by atoms with Crippen molar-refractivity contribution < 1.29 is 4.79 Å². The van der Waals surface area contributed by atoms with Crippen LogP contribution in [0.1, 0.15) is 29.4 Å². The highest BCUT2D eigenvalue weighted by Crippen LogP contribution is 2.14. The summed E-state index contributed by atoms with van der Waals surface area (Å²) in [6.07, 6.45) is 5.21. The van der Waals surface area contributed by atoms with Gasteiger partial charge in [-0.25, -0.2) is 4.98 Å². The van der Waals surface area contributed by atoms with Crippen molar-refractivity contribution in [2.75, 3.05) is 17.7 Å². The maximum atomic E-state index is 12.2. The Morgan fingerprint density at radius 1 is 1.40 bits per heavy atom. The summed E-state index contributed by atoms with van der Waals surface area (Å²) < 4.78 is 1.64. The molecule has 2 N–H and O–H groups in total. The largest absolute Gasteiger partial charge is 0.373 e. The Morgan fingerprint density at radius 3 is 2.80 bits per heavy atom. The van der Waals surface area contributed by atoms with Crippen LogP contribution in [-0.2, 0) is 13.5 Å². The summed E-state index contributed by atoms with van der Waals surface area (Å²) in [7, 11) is 3.60. The van der Waals surface area contributed by atoms with Gasteiger partial charge >= 0.3 is 0 Å². The molecule has 6 nitrogen and oxygen atoms in total. The van der Waals surface area contributed by atoms with Crippen molar-refractivity contribution in [2.45, 2.75) is 19.8 Å². The minimum atomic E-state index is -0.158. The number of rotatable bonds is 5. The van der Waals surface area contributed by atoms with Crippen LogP contribution in [-0.4, -0.2) is 27.7 Å². The Labute approximate surface area is 118 Å². The van der Waals surface area contributed by atoms with Gasteiger partial charge in [0.05, 0.1) is 11.9 Å². The Balaban J connectivity index is 2.21. The molecule has 6 heteroatoms. The molecule has 2 rings (SSSR count). The zero-order valence-electron chi connectivity index (χ0n) is 12.0. The number of nitrogens with one attached hydrogen (secondary N) is 2. The first-order valence-electron chi connectivity index (χ1n) is 6.61. The van der Waals surface area contributed by atoms with E-state index in [0.717, 1.165) is 18.5 Å². The number of amides is 1. The topological polar surface area (TPSA) is 71.8 Å². The van der Waals surface area contributed by atoms with E-state index in [0.29, 0.717) is 17.1 Å². The van der Waals surface area contributed by atoms with Gasteiger partial charge in [-0.1, -0.05) is 13.3 Å². The van der Waals surface area contributed by atoms with Crippen LogP contribution in [0, 0.1) is 0 Å². The molecule has 2 aromatic rings. The lowest BCUT2D eigenvalue weighted by Gasteiger charge is -2.08. The fourth-order valence-electron chi connectivity index (χ4n) is 1.92. The van der Waals surface area contributed by atoms with Crippen LogP contribution in [0.2, 0.25) is 0 Å². The van der Waals surface area contributed by atoms with Crippen molar-refractivity contribution in [3.8, 4) is 0 Å². The normalized spacial score (nSPS) is 10.3. The maximum absolute atomic E-state index is 12.2. The number of nitrogens with zero attached hydrogens (tertiary/aromatic N) is 3. The Bertz CT molecular complexity index is 605. The number of aromatic nitrogens is 3. The predicted molar refractivity (Wildman–Crippen MR) is 78.9 cm³/mol. The summed E-state index contributed by atoms with van der Waals surface area (Å²) in [6, 6.07) is 3.57. The molecule has 0 radical (unpaired) electrons. The van der Waals surface area contributed by atoms with Crippen LogP contribution in [0.5, 0.6) is 0 Å². The predicted octanol–water partition coefficient (Wildman–Crippen LogP) is 2.06. The third-order valence-electron chi connectivity index (χ3n) is 2.87. The van der Waals surface area contributed by atoms with Gasteiger partial charge in [0.2, 0.25) is 0 Å². The summed E-state index contributed by atoms with van der Waals surface area (Å²) in [4.78, 5) is 16.7. The van der Waals surface area contributed by atoms with Gasteiger partial charge in [-0.15, -0.1) is 0 Å². The van der Waals surface area contributed by atoms with Crippen LogP contribution in [0.4, 0.5) is 11.5 Å². The number of anilines is 2. The van der Waals surface area contributed by atoms with Gasteiger partial charge in [-0.05, 0) is 18.6 Å². The third kappa shape index (κ3) is 3.34. The van der Waals surface area contributed by atoms with Gasteiger partial charge in [0.15, 0.2) is 0 Å². The van der Waals surface area contributed by atoms with Crippen LogP contribution in [0.3, 0.4) is 0 Å². The van der Waals surface area contributed by atoms with E-state index in [1.807, 2.05) is 6.07 Å². The number of carbonyl (C=O) groups excluding carboxylic acids is 1. The minimum Gasteiger partial charge on any atom is -0.373 e. The number of hydrogen-bond donors (Lipinski definition) is 2. The van der Waals surface area contributed by atoms with E-state index in [1.165, 1.54) is 0 Å². The van der Waals surface area contributed by atoms with Gasteiger partial charge in [0.25, 0.3) is 5.91 Å². The molecular weight excluding hydrogens is 254 g/mol. The molecule has 0 saturated carbocycles. The molecule has 1 amide bonds. The van der Waals surface area contributed by atoms with E-state index in [9.17, 15) is 4.79 Å². The summed E-state index contributed by atoms with van der Waals surface area (Å²) >= 11 is 0. The van der Waals surface area contributed by atoms with E-state index in [4.69, 9.17) is 0 Å². The molecule has 0 aromatic carbocycles. The zero-order valence-corrected chi connectivity index (χ0v) is 12.0. The molecule has 0 aliphatic rings. The van der Waals surface area contributed by atoms with Crippen LogP contribution < -0.4 is 10.6 Å². The van der Waals surface area contributed by atoms with E-state index in [2.05, 4.69) is 27.6 Å². The molecule has 0 spiro atoms. The first-order valence-corrected chi connectivity index (χ1v) is 6.61. The smallest absolute Gasteiger partial charge is 0.255 e. The standard InChI is InChI=1S/C14H19N5O/c1-4-5-11-6-10(7-13(15-2)17-11)14(20)18-12-8-16-19(3)9-12/h6-9H,4-5H2,1-3H3,(H,15,17)(H,18,20). The molecule has 20 heavy (non-hydrogen) atoms. The molecular formula is C14H19N5O. The van der Waals surface area contributed by atoms with Crippen molar-refractivity contribution in [1.82, 2.24) is 14.8 Å². The highest BCUT2D eigenvalue weighted by atomic mass is 16.1. The fraction of sp³-hybridized carbons (Fsp3) is 0.357. The molecule has 0 aliphatic carbocycles. The van der Waals surface area contributed by atoms with Gasteiger partial charge in [-0.3, -0.25) is 9.48 Å². The highest BCUT2D eigenvalue weighted by molar-refractivity contribution is 6.04. The van der Waals surface area contributed by atoms with Crippen LogP contribution >= 0.6 is 0 Å². The lowest BCUT2D eigenvalue weighted by atomic mass is 10.1. The summed E-state index contributed by atoms with van der Waals surface area (Å²) in [6.45, 7) is 2.09. The summed E-state index contributed by atoms with van der Waals surface area (Å²) in [5.41, 5.74) is 2.18. The summed E-state index contributed by atoms with van der Waals surface area (Å²) in [5.74, 6) is 0.543. The van der Waals surface area contributed by atoms with Crippen molar-refractivity contribution in [2.24, 2.45) is 7.05 Å². The molecule has 0 fully saturated rings. The van der Waals surface area contributed by atoms with E-state index < -0.39 is 0 Å². The Hall–Kier alpha value is -2.37. The van der Waals surface area contributed by atoms with Gasteiger partial charge < -0.3 is 10.6 Å². The molecule has 0 atom stereocenters. The van der Waals surface area contributed by atoms with Crippen LogP contribution in [0.25, 0.3) is 0 Å². The molecule has 2 heterocycles. The molecule has 0 bridgehead atoms. The first kappa shape index (κ1) is 14.0. The van der Waals surface area contributed by atoms with Crippen molar-refractivity contribution in [3.63, 3.8) is 0 Å². The average molecular weight is 273 g/mol. The molecule has 2 aromatic heterocycles. The van der Waals surface area contributed by atoms with Crippen molar-refractivity contribution in [1.29, 1.82) is 0 Å². The average Bonchev–Trinajstić information content (AvgIpc) is 2.84. The third-order valence-corrected chi connectivity index (χ3v) is 2.87. The SMILES string of the molecule is CCCc1cc(C(=O)Nc2cnn(C)c2)cc(NC)n1. The monoisotopic (exact) mass is 273 g/mol. The fourth-order valence-corrected chi connectivity index (χ4v) is 1.92. The number of pyridine rings is 1. The highest BCUT2D eigenvalue weighted by Gasteiger charge is 2.10. The molecule has 106 valence electrons.